The number of hydrogen-bond acceptors (Lipinski definition) is 7. The Morgan fingerprint density at radius 1 is 1.18 bits per heavy atom. The van der Waals surface area contributed by atoms with Gasteiger partial charge in [-0.05, 0) is 38.2 Å². The summed E-state index contributed by atoms with van der Waals surface area (Å²) in [4.78, 5) is 48.9. The van der Waals surface area contributed by atoms with E-state index in [1.54, 1.807) is 0 Å². The summed E-state index contributed by atoms with van der Waals surface area (Å²) < 4.78 is 1.74. The molecule has 2 amide bonds. The van der Waals surface area contributed by atoms with E-state index in [2.05, 4.69) is 25.5 Å². The number of nitrogens with zero attached hydrogens (tertiary/aromatic N) is 4. The van der Waals surface area contributed by atoms with Gasteiger partial charge < -0.3 is 15.5 Å². The topological polar surface area (TPSA) is 109 Å². The van der Waals surface area contributed by atoms with Crippen LogP contribution in [0, 0.1) is 12.8 Å². The Kier molecular flexibility index (Phi) is 6.32. The van der Waals surface area contributed by atoms with E-state index in [0.29, 0.717) is 34.6 Å². The van der Waals surface area contributed by atoms with Crippen molar-refractivity contribution in [1.29, 1.82) is 0 Å². The molecule has 2 N–H and O–H groups in total. The molecule has 2 aromatic heterocycles. The van der Waals surface area contributed by atoms with Gasteiger partial charge in [0, 0.05) is 25.7 Å². The Bertz CT molecular complexity index is 1260. The monoisotopic (exact) mass is 480 g/mol. The SMILES string of the molecule is Cc1ccc(CNC(=O)Cn2cnc3nc(N4CCCC(C(=O)NC5CC5)C4)sc3c2=O)cc1. The number of anilines is 1. The number of hydrogen-bond donors (Lipinski definition) is 2. The molecule has 3 heterocycles. The van der Waals surface area contributed by atoms with Gasteiger partial charge >= 0.3 is 0 Å². The van der Waals surface area contributed by atoms with E-state index in [1.165, 1.54) is 22.2 Å². The molecule has 1 aromatic carbocycles. The highest BCUT2D eigenvalue weighted by atomic mass is 32.1. The minimum Gasteiger partial charge on any atom is -0.353 e. The lowest BCUT2D eigenvalue weighted by atomic mass is 9.97. The smallest absolute Gasteiger partial charge is 0.273 e. The summed E-state index contributed by atoms with van der Waals surface area (Å²) in [5.74, 6) is -0.206. The molecular formula is C24H28N6O3S. The van der Waals surface area contributed by atoms with Gasteiger partial charge in [0.2, 0.25) is 11.8 Å². The molecule has 1 saturated carbocycles. The first-order valence-electron chi connectivity index (χ1n) is 11.7. The predicted molar refractivity (Wildman–Crippen MR) is 131 cm³/mol. The van der Waals surface area contributed by atoms with Gasteiger partial charge in [0.05, 0.1) is 5.92 Å². The largest absolute Gasteiger partial charge is 0.353 e. The van der Waals surface area contributed by atoms with Crippen LogP contribution in [0.2, 0.25) is 0 Å². The molecule has 1 atom stereocenters. The first kappa shape index (κ1) is 22.5. The second-order valence-corrected chi connectivity index (χ2v) is 10.1. The third-order valence-corrected chi connectivity index (χ3v) is 7.38. The van der Waals surface area contributed by atoms with E-state index in [4.69, 9.17) is 0 Å². The summed E-state index contributed by atoms with van der Waals surface area (Å²) in [6.45, 7) is 3.70. The van der Waals surface area contributed by atoms with Gasteiger partial charge in [-0.3, -0.25) is 19.0 Å². The fraction of sp³-hybridized carbons (Fsp3) is 0.458. The molecule has 3 aromatic rings. The zero-order chi connectivity index (χ0) is 23.7. The number of piperidine rings is 1. The van der Waals surface area contributed by atoms with Crippen molar-refractivity contribution < 1.29 is 9.59 Å². The molecule has 34 heavy (non-hydrogen) atoms. The molecular weight excluding hydrogens is 452 g/mol. The zero-order valence-electron chi connectivity index (χ0n) is 19.1. The summed E-state index contributed by atoms with van der Waals surface area (Å²) in [5.41, 5.74) is 2.26. The average molecular weight is 481 g/mol. The third kappa shape index (κ3) is 5.11. The van der Waals surface area contributed by atoms with Crippen LogP contribution in [0.25, 0.3) is 10.3 Å². The van der Waals surface area contributed by atoms with E-state index >= 15 is 0 Å². The molecule has 1 aliphatic carbocycles. The first-order chi connectivity index (χ1) is 16.5. The summed E-state index contributed by atoms with van der Waals surface area (Å²) in [6, 6.07) is 8.27. The summed E-state index contributed by atoms with van der Waals surface area (Å²) in [6.07, 6.45) is 5.28. The molecule has 0 spiro atoms. The van der Waals surface area contributed by atoms with Crippen molar-refractivity contribution in [3.63, 3.8) is 0 Å². The van der Waals surface area contributed by atoms with Gasteiger partial charge in [-0.1, -0.05) is 41.2 Å². The summed E-state index contributed by atoms with van der Waals surface area (Å²) in [5, 5.41) is 6.64. The molecule has 0 bridgehead atoms. The van der Waals surface area contributed by atoms with E-state index in [1.807, 2.05) is 31.2 Å². The summed E-state index contributed by atoms with van der Waals surface area (Å²) >= 11 is 1.28. The van der Waals surface area contributed by atoms with Gasteiger partial charge in [0.15, 0.2) is 10.8 Å². The Balaban J connectivity index is 1.25. The van der Waals surface area contributed by atoms with Gasteiger partial charge in [0.1, 0.15) is 17.6 Å². The van der Waals surface area contributed by atoms with Crippen molar-refractivity contribution >= 4 is 38.6 Å². The Morgan fingerprint density at radius 2 is 1.97 bits per heavy atom. The quantitative estimate of drug-likeness (QED) is 0.535. The first-order valence-corrected chi connectivity index (χ1v) is 12.5. The molecule has 178 valence electrons. The molecule has 0 radical (unpaired) electrons. The second kappa shape index (κ2) is 9.54. The number of carbonyl (C=O) groups excluding carboxylic acids is 2. The zero-order valence-corrected chi connectivity index (χ0v) is 19.9. The van der Waals surface area contributed by atoms with Crippen LogP contribution >= 0.6 is 11.3 Å². The minimum absolute atomic E-state index is 0.0665. The Labute approximate surface area is 201 Å². The molecule has 2 fully saturated rings. The molecule has 1 unspecified atom stereocenters. The molecule has 5 rings (SSSR count). The predicted octanol–water partition coefficient (Wildman–Crippen LogP) is 1.97. The third-order valence-electron chi connectivity index (χ3n) is 6.28. The standard InChI is InChI=1S/C24H28N6O3S/c1-15-4-6-16(7-5-15)11-25-19(31)13-30-14-26-21-20(23(30)33)34-24(28-21)29-10-2-3-17(12-29)22(32)27-18-8-9-18/h4-7,14,17-18H,2-3,8-13H2,1H3,(H,25,31)(H,27,32). The Morgan fingerprint density at radius 3 is 2.74 bits per heavy atom. The average Bonchev–Trinajstić information content (AvgIpc) is 3.55. The number of fused-ring (bicyclic) bond motifs is 1. The van der Waals surface area contributed by atoms with Crippen molar-refractivity contribution in [2.45, 2.75) is 51.7 Å². The molecule has 1 aliphatic heterocycles. The maximum absolute atomic E-state index is 13.0. The maximum atomic E-state index is 13.0. The highest BCUT2D eigenvalue weighted by Crippen LogP contribution is 2.30. The van der Waals surface area contributed by atoms with Crippen LogP contribution in [0.1, 0.15) is 36.8 Å². The number of benzene rings is 1. The lowest BCUT2D eigenvalue weighted by Gasteiger charge is -2.31. The van der Waals surface area contributed by atoms with Crippen LogP contribution in [0.3, 0.4) is 0 Å². The van der Waals surface area contributed by atoms with Crippen molar-refractivity contribution in [2.75, 3.05) is 18.0 Å². The van der Waals surface area contributed by atoms with Crippen molar-refractivity contribution in [3.05, 3.63) is 52.1 Å². The van der Waals surface area contributed by atoms with Crippen LogP contribution in [0.15, 0.2) is 35.4 Å². The number of aromatic nitrogens is 3. The van der Waals surface area contributed by atoms with E-state index in [0.717, 1.165) is 43.4 Å². The highest BCUT2D eigenvalue weighted by Gasteiger charge is 2.31. The summed E-state index contributed by atoms with van der Waals surface area (Å²) in [7, 11) is 0. The molecule has 2 aliphatic rings. The highest BCUT2D eigenvalue weighted by molar-refractivity contribution is 7.22. The van der Waals surface area contributed by atoms with E-state index in [9.17, 15) is 14.4 Å². The lowest BCUT2D eigenvalue weighted by molar-refractivity contribution is -0.125. The number of rotatable bonds is 7. The fourth-order valence-electron chi connectivity index (χ4n) is 4.11. The van der Waals surface area contributed by atoms with Crippen molar-refractivity contribution in [2.24, 2.45) is 5.92 Å². The van der Waals surface area contributed by atoms with Crippen LogP contribution in [0.4, 0.5) is 5.13 Å². The number of aryl methyl sites for hydroxylation is 1. The Hall–Kier alpha value is -3.27. The van der Waals surface area contributed by atoms with Crippen LogP contribution < -0.4 is 21.1 Å². The number of carbonyl (C=O) groups is 2. The van der Waals surface area contributed by atoms with Crippen LogP contribution in [0.5, 0.6) is 0 Å². The minimum atomic E-state index is -0.278. The van der Waals surface area contributed by atoms with Crippen LogP contribution in [-0.2, 0) is 22.7 Å². The van der Waals surface area contributed by atoms with Gasteiger partial charge in [-0.2, -0.15) is 4.98 Å². The molecule has 10 heteroatoms. The number of amides is 2. The lowest BCUT2D eigenvalue weighted by Crippen LogP contribution is -2.43. The maximum Gasteiger partial charge on any atom is 0.273 e. The number of thiazole rings is 1. The van der Waals surface area contributed by atoms with Crippen molar-refractivity contribution in [3.8, 4) is 0 Å². The molecule has 1 saturated heterocycles. The number of nitrogens with one attached hydrogen (secondary N) is 2. The van der Waals surface area contributed by atoms with E-state index < -0.39 is 0 Å². The fourth-order valence-corrected chi connectivity index (χ4v) is 5.12. The van der Waals surface area contributed by atoms with Gasteiger partial charge in [0.25, 0.3) is 5.56 Å². The van der Waals surface area contributed by atoms with E-state index in [-0.39, 0.29) is 29.8 Å². The van der Waals surface area contributed by atoms with Gasteiger partial charge in [-0.25, -0.2) is 4.98 Å². The normalized spacial score (nSPS) is 18.1. The van der Waals surface area contributed by atoms with Crippen LogP contribution in [-0.4, -0.2) is 45.5 Å². The second-order valence-electron chi connectivity index (χ2n) is 9.16. The van der Waals surface area contributed by atoms with Crippen molar-refractivity contribution in [1.82, 2.24) is 25.2 Å². The molecule has 9 nitrogen and oxygen atoms in total. The van der Waals surface area contributed by atoms with Gasteiger partial charge in [-0.15, -0.1) is 0 Å².